The molecule has 0 radical (unpaired) electrons. The molecule has 0 aromatic carbocycles. The first-order valence-corrected chi connectivity index (χ1v) is 9.49. The van der Waals surface area contributed by atoms with Crippen LogP contribution < -0.4 is 11.2 Å². The molecule has 1 aromatic rings. The Morgan fingerprint density at radius 2 is 2.22 bits per heavy atom. The van der Waals surface area contributed by atoms with Gasteiger partial charge >= 0.3 is 0 Å². The summed E-state index contributed by atoms with van der Waals surface area (Å²) in [6, 6.07) is 1.99. The molecule has 0 bridgehead atoms. The van der Waals surface area contributed by atoms with E-state index < -0.39 is 12.0 Å². The highest BCUT2D eigenvalue weighted by Gasteiger charge is 2.36. The van der Waals surface area contributed by atoms with E-state index in [2.05, 4.69) is 22.2 Å². The lowest BCUT2D eigenvalue weighted by molar-refractivity contribution is -0.246. The Kier molecular flexibility index (Phi) is 5.62. The van der Waals surface area contributed by atoms with Gasteiger partial charge in [0.2, 0.25) is 6.41 Å². The summed E-state index contributed by atoms with van der Waals surface area (Å²) < 4.78 is 5.77. The van der Waals surface area contributed by atoms with Gasteiger partial charge in [0.15, 0.2) is 0 Å². The van der Waals surface area contributed by atoms with Gasteiger partial charge in [-0.05, 0) is 39.2 Å². The molecular formula is C19H32N6O2. The highest BCUT2D eigenvalue weighted by atomic mass is 16.6. The molecule has 5 N–H and O–H groups in total. The average Bonchev–Trinajstić information content (AvgIpc) is 3.05. The van der Waals surface area contributed by atoms with E-state index >= 15 is 0 Å². The van der Waals surface area contributed by atoms with E-state index in [1.54, 1.807) is 11.3 Å². The van der Waals surface area contributed by atoms with E-state index in [1.165, 1.54) is 0 Å². The molecule has 0 spiro atoms. The molecule has 1 saturated heterocycles. The highest BCUT2D eigenvalue weighted by molar-refractivity contribution is 5.86. The fraction of sp³-hybridized carbons (Fsp3) is 0.632. The van der Waals surface area contributed by atoms with Gasteiger partial charge in [-0.1, -0.05) is 6.92 Å². The summed E-state index contributed by atoms with van der Waals surface area (Å²) in [5, 5.41) is 15.5. The molecule has 27 heavy (non-hydrogen) atoms. The number of nitrogens with one attached hydrogen (secondary N) is 2. The third-order valence-electron chi connectivity index (χ3n) is 5.21. The van der Waals surface area contributed by atoms with Gasteiger partial charge in [-0.3, -0.25) is 9.91 Å². The van der Waals surface area contributed by atoms with Gasteiger partial charge in [0.05, 0.1) is 11.3 Å². The van der Waals surface area contributed by atoms with Crippen LogP contribution in [0.25, 0.3) is 5.70 Å². The van der Waals surface area contributed by atoms with Crippen LogP contribution in [0.1, 0.15) is 39.7 Å². The van der Waals surface area contributed by atoms with Gasteiger partial charge in [0.25, 0.3) is 0 Å². The van der Waals surface area contributed by atoms with E-state index in [1.807, 2.05) is 45.0 Å². The molecule has 8 heteroatoms. The van der Waals surface area contributed by atoms with Crippen LogP contribution in [-0.2, 0) is 4.74 Å². The molecule has 2 aliphatic rings. The number of aromatic nitrogens is 1. The van der Waals surface area contributed by atoms with Gasteiger partial charge < -0.3 is 20.1 Å². The monoisotopic (exact) mass is 376 g/mol. The zero-order valence-corrected chi connectivity index (χ0v) is 16.9. The van der Waals surface area contributed by atoms with Crippen molar-refractivity contribution in [2.45, 2.75) is 46.1 Å². The molecule has 2 aliphatic heterocycles. The van der Waals surface area contributed by atoms with Gasteiger partial charge in [-0.15, -0.1) is 0 Å². The smallest absolute Gasteiger partial charge is 0.216 e. The maximum Gasteiger partial charge on any atom is 0.216 e. The minimum atomic E-state index is -0.923. The predicted octanol–water partition coefficient (Wildman–Crippen LogP) is 1.80. The Morgan fingerprint density at radius 1 is 1.48 bits per heavy atom. The molecule has 1 fully saturated rings. The summed E-state index contributed by atoms with van der Waals surface area (Å²) in [7, 11) is 1.92. The number of likely N-dealkylation sites (tertiary alicyclic amines) is 1. The second-order valence-electron chi connectivity index (χ2n) is 8.33. The first kappa shape index (κ1) is 19.9. The van der Waals surface area contributed by atoms with Crippen LogP contribution in [0.3, 0.4) is 0 Å². The Bertz CT molecular complexity index is 720. The molecule has 150 valence electrons. The maximum absolute atomic E-state index is 10.6. The summed E-state index contributed by atoms with van der Waals surface area (Å²) in [5.74, 6) is 7.66. The van der Waals surface area contributed by atoms with E-state index in [0.29, 0.717) is 12.5 Å². The van der Waals surface area contributed by atoms with Gasteiger partial charge in [0, 0.05) is 43.5 Å². The van der Waals surface area contributed by atoms with Crippen molar-refractivity contribution in [1.29, 1.82) is 0 Å². The molecule has 0 saturated carbocycles. The lowest BCUT2D eigenvalue weighted by Gasteiger charge is -2.42. The standard InChI is InChI=1S/C19H32N6O2/c1-12-7-9-24(18(26)27-19(2,3)4)10-14(12)15(21-5)16-13-6-8-22-17(13)23-11-25(16)20/h6,8,11-12,14,18,21-22,26H,7,9-10,20H2,1-5H3/b16-15-. The molecule has 3 rings (SSSR count). The second kappa shape index (κ2) is 7.63. The number of piperidine rings is 1. The van der Waals surface area contributed by atoms with Crippen LogP contribution >= 0.6 is 0 Å². The number of nitrogens with zero attached hydrogens (tertiary/aromatic N) is 3. The summed E-state index contributed by atoms with van der Waals surface area (Å²) in [6.07, 6.45) is 3.53. The van der Waals surface area contributed by atoms with Gasteiger partial charge in [-0.25, -0.2) is 10.8 Å². The van der Waals surface area contributed by atoms with Crippen molar-refractivity contribution >= 4 is 17.9 Å². The Morgan fingerprint density at radius 3 is 2.89 bits per heavy atom. The number of aliphatic hydroxyl groups is 1. The Hall–Kier alpha value is -1.87. The van der Waals surface area contributed by atoms with Gasteiger partial charge in [-0.2, -0.15) is 0 Å². The van der Waals surface area contributed by atoms with E-state index in [0.717, 1.165) is 35.7 Å². The lowest BCUT2D eigenvalue weighted by Crippen LogP contribution is -2.50. The quantitative estimate of drug-likeness (QED) is 0.472. The van der Waals surface area contributed by atoms with Crippen LogP contribution in [0.4, 0.5) is 5.82 Å². The number of nitrogens with two attached hydrogens (primary N) is 1. The number of hydrazine groups is 1. The number of hydrogen-bond donors (Lipinski definition) is 4. The minimum absolute atomic E-state index is 0.178. The first-order chi connectivity index (χ1) is 12.7. The SMILES string of the molecule is CN/C(=C1/c2cc[nH]c2N=CN1N)C1CN(C(O)OC(C)(C)C)CCC1C. The van der Waals surface area contributed by atoms with Crippen molar-refractivity contribution in [3.63, 3.8) is 0 Å². The Balaban J connectivity index is 1.91. The van der Waals surface area contributed by atoms with Crippen LogP contribution in [0.15, 0.2) is 23.0 Å². The van der Waals surface area contributed by atoms with Crippen LogP contribution in [-0.4, -0.2) is 58.5 Å². The maximum atomic E-state index is 10.6. The zero-order chi connectivity index (χ0) is 19.8. The lowest BCUT2D eigenvalue weighted by atomic mass is 9.83. The molecule has 3 atom stereocenters. The molecule has 0 amide bonds. The molecular weight excluding hydrogens is 344 g/mol. The number of aromatic amines is 1. The summed E-state index contributed by atoms with van der Waals surface area (Å²) in [6.45, 7) is 9.56. The van der Waals surface area contributed by atoms with E-state index in [9.17, 15) is 5.11 Å². The van der Waals surface area contributed by atoms with E-state index in [4.69, 9.17) is 10.6 Å². The van der Waals surface area contributed by atoms with Crippen molar-refractivity contribution in [2.24, 2.45) is 22.7 Å². The Labute approximate surface area is 161 Å². The van der Waals surface area contributed by atoms with Gasteiger partial charge in [0.1, 0.15) is 12.2 Å². The third kappa shape index (κ3) is 4.19. The topological polar surface area (TPSA) is 102 Å². The number of aliphatic imine (C=N–C) groups is 1. The first-order valence-electron chi connectivity index (χ1n) is 9.49. The fourth-order valence-electron chi connectivity index (χ4n) is 3.80. The fourth-order valence-corrected chi connectivity index (χ4v) is 3.80. The average molecular weight is 377 g/mol. The van der Waals surface area contributed by atoms with Crippen molar-refractivity contribution in [3.8, 4) is 0 Å². The highest BCUT2D eigenvalue weighted by Crippen LogP contribution is 2.37. The molecule has 1 aromatic heterocycles. The van der Waals surface area contributed by atoms with Crippen molar-refractivity contribution in [1.82, 2.24) is 20.2 Å². The summed E-state index contributed by atoms with van der Waals surface area (Å²) in [4.78, 5) is 9.47. The van der Waals surface area contributed by atoms with Crippen molar-refractivity contribution in [2.75, 3.05) is 20.1 Å². The molecule has 0 aliphatic carbocycles. The van der Waals surface area contributed by atoms with Crippen LogP contribution in [0, 0.1) is 11.8 Å². The third-order valence-corrected chi connectivity index (χ3v) is 5.21. The van der Waals surface area contributed by atoms with E-state index in [-0.39, 0.29) is 5.92 Å². The number of H-pyrrole nitrogens is 1. The zero-order valence-electron chi connectivity index (χ0n) is 16.9. The number of ether oxygens (including phenoxy) is 1. The van der Waals surface area contributed by atoms with Crippen molar-refractivity contribution < 1.29 is 9.84 Å². The molecule has 3 heterocycles. The normalized spacial score (nSPS) is 26.7. The largest absolute Gasteiger partial charge is 0.389 e. The number of hydrogen-bond acceptors (Lipinski definition) is 7. The second-order valence-corrected chi connectivity index (χ2v) is 8.33. The summed E-state index contributed by atoms with van der Waals surface area (Å²) >= 11 is 0. The molecule has 3 unspecified atom stereocenters. The molecule has 8 nitrogen and oxygen atoms in total. The predicted molar refractivity (Wildman–Crippen MR) is 107 cm³/mol. The van der Waals surface area contributed by atoms with Crippen LogP contribution in [0.5, 0.6) is 0 Å². The number of rotatable bonds is 4. The van der Waals surface area contributed by atoms with Crippen molar-refractivity contribution in [3.05, 3.63) is 23.5 Å². The van der Waals surface area contributed by atoms with Crippen LogP contribution in [0.2, 0.25) is 0 Å². The minimum Gasteiger partial charge on any atom is -0.389 e. The number of aliphatic hydroxyl groups excluding tert-OH is 1. The summed E-state index contributed by atoms with van der Waals surface area (Å²) in [5.41, 5.74) is 2.52. The number of fused-ring (bicyclic) bond motifs is 1.